The van der Waals surface area contributed by atoms with Crippen LogP contribution in [0.25, 0.3) is 16.9 Å². The van der Waals surface area contributed by atoms with Crippen molar-refractivity contribution >= 4 is 28.2 Å². The molecule has 0 radical (unpaired) electrons. The van der Waals surface area contributed by atoms with Gasteiger partial charge in [0.2, 0.25) is 11.7 Å². The topological polar surface area (TPSA) is 143 Å². The lowest BCUT2D eigenvalue weighted by Gasteiger charge is -2.15. The molecule has 0 saturated heterocycles. The third-order valence-corrected chi connectivity index (χ3v) is 7.33. The molecule has 0 spiro atoms. The summed E-state index contributed by atoms with van der Waals surface area (Å²) in [4.78, 5) is 35.1. The van der Waals surface area contributed by atoms with Crippen molar-refractivity contribution in [2.75, 3.05) is 26.6 Å². The van der Waals surface area contributed by atoms with Gasteiger partial charge in [0, 0.05) is 22.1 Å². The molecule has 0 unspecified atom stereocenters. The summed E-state index contributed by atoms with van der Waals surface area (Å²) in [7, 11) is 4.44. The first-order valence-corrected chi connectivity index (χ1v) is 13.8. The Balaban J connectivity index is 1.41. The smallest absolute Gasteiger partial charge is 0.243 e. The summed E-state index contributed by atoms with van der Waals surface area (Å²) in [6, 6.07) is 13.3. The number of anilines is 1. The highest BCUT2D eigenvalue weighted by atomic mass is 32.1. The molecular formula is C30H27FN6O5S. The van der Waals surface area contributed by atoms with E-state index in [1.54, 1.807) is 47.8 Å². The normalized spacial score (nSPS) is 11.6. The van der Waals surface area contributed by atoms with E-state index >= 15 is 0 Å². The van der Waals surface area contributed by atoms with Crippen molar-refractivity contribution < 1.29 is 28.2 Å². The summed E-state index contributed by atoms with van der Waals surface area (Å²) in [6.45, 7) is 0. The van der Waals surface area contributed by atoms with Gasteiger partial charge in [-0.2, -0.15) is 5.10 Å². The SMILES string of the molecule is COc1cc(C(=O)c2ccc(-c3csc(NC(=O)[C@H](N)Cc4ccc(F)cc4)n3)cc2-n2cncn2)cc(OC)c1OC. The molecule has 2 aromatic heterocycles. The second kappa shape index (κ2) is 12.8. The van der Waals surface area contributed by atoms with Crippen molar-refractivity contribution in [2.24, 2.45) is 5.73 Å². The number of nitrogens with two attached hydrogens (primary N) is 1. The van der Waals surface area contributed by atoms with Crippen LogP contribution in [0.2, 0.25) is 0 Å². The molecule has 1 amide bonds. The predicted molar refractivity (Wildman–Crippen MR) is 159 cm³/mol. The highest BCUT2D eigenvalue weighted by Gasteiger charge is 2.22. The van der Waals surface area contributed by atoms with E-state index in [0.29, 0.717) is 50.5 Å². The lowest BCUT2D eigenvalue weighted by Crippen LogP contribution is -2.37. The standard InChI is InChI=1S/C30H27FN6O5S/c1-40-25-12-19(13-26(41-2)28(25)42-3)27(38)21-9-6-18(11-24(21)37-16-33-15-34-37)23-14-43-30(35-23)36-29(39)22(32)10-17-4-7-20(31)8-5-17/h4-9,11-16,22H,10,32H2,1-3H3,(H,35,36,39)/t22-/m1/s1. The molecule has 0 saturated carbocycles. The number of nitrogens with one attached hydrogen (secondary N) is 1. The van der Waals surface area contributed by atoms with Crippen LogP contribution in [0.4, 0.5) is 9.52 Å². The van der Waals surface area contributed by atoms with Crippen LogP contribution in [0.3, 0.4) is 0 Å². The summed E-state index contributed by atoms with van der Waals surface area (Å²) < 4.78 is 30.9. The van der Waals surface area contributed by atoms with Gasteiger partial charge in [0.05, 0.1) is 38.8 Å². The lowest BCUT2D eigenvalue weighted by atomic mass is 9.98. The first-order valence-electron chi connectivity index (χ1n) is 12.9. The minimum absolute atomic E-state index is 0.243. The van der Waals surface area contributed by atoms with Gasteiger partial charge in [0.15, 0.2) is 22.4 Å². The number of hydrogen-bond donors (Lipinski definition) is 2. The Morgan fingerprint density at radius 1 is 1.02 bits per heavy atom. The number of ketones is 1. The molecule has 1 atom stereocenters. The number of aromatic nitrogens is 4. The van der Waals surface area contributed by atoms with Crippen molar-refractivity contribution in [2.45, 2.75) is 12.5 Å². The zero-order valence-electron chi connectivity index (χ0n) is 23.4. The number of carbonyl (C=O) groups is 2. The minimum atomic E-state index is -0.850. The first-order chi connectivity index (χ1) is 20.8. The third kappa shape index (κ3) is 6.37. The molecule has 3 aromatic carbocycles. The van der Waals surface area contributed by atoms with Crippen molar-refractivity contribution in [3.8, 4) is 34.2 Å². The van der Waals surface area contributed by atoms with Crippen LogP contribution >= 0.6 is 11.3 Å². The van der Waals surface area contributed by atoms with Crippen molar-refractivity contribution in [1.29, 1.82) is 0 Å². The van der Waals surface area contributed by atoms with E-state index < -0.39 is 11.9 Å². The number of halogens is 1. The molecule has 3 N–H and O–H groups in total. The maximum atomic E-state index is 13.8. The third-order valence-electron chi connectivity index (χ3n) is 6.57. The lowest BCUT2D eigenvalue weighted by molar-refractivity contribution is -0.117. The van der Waals surface area contributed by atoms with Crippen molar-refractivity contribution in [1.82, 2.24) is 19.7 Å². The maximum absolute atomic E-state index is 13.8. The van der Waals surface area contributed by atoms with E-state index in [1.165, 1.54) is 62.1 Å². The monoisotopic (exact) mass is 602 g/mol. The maximum Gasteiger partial charge on any atom is 0.243 e. The fraction of sp³-hybridized carbons (Fsp3) is 0.167. The molecule has 5 aromatic rings. The van der Waals surface area contributed by atoms with Crippen LogP contribution in [0, 0.1) is 5.82 Å². The second-order valence-electron chi connectivity index (χ2n) is 9.28. The van der Waals surface area contributed by atoms with Gasteiger partial charge < -0.3 is 25.3 Å². The van der Waals surface area contributed by atoms with Gasteiger partial charge in [0.1, 0.15) is 18.5 Å². The van der Waals surface area contributed by atoms with Crippen LogP contribution in [-0.4, -0.2) is 58.8 Å². The Morgan fingerprint density at radius 2 is 1.74 bits per heavy atom. The number of nitrogens with zero attached hydrogens (tertiary/aromatic N) is 4. The van der Waals surface area contributed by atoms with Gasteiger partial charge in [-0.1, -0.05) is 18.2 Å². The van der Waals surface area contributed by atoms with E-state index in [1.807, 2.05) is 0 Å². The first kappa shape index (κ1) is 29.4. The molecule has 0 bridgehead atoms. The summed E-state index contributed by atoms with van der Waals surface area (Å²) >= 11 is 1.23. The Kier molecular flexibility index (Phi) is 8.74. The molecule has 220 valence electrons. The summed E-state index contributed by atoms with van der Waals surface area (Å²) in [5.41, 5.74) is 9.20. The van der Waals surface area contributed by atoms with E-state index in [-0.39, 0.29) is 18.0 Å². The zero-order chi connectivity index (χ0) is 30.5. The number of hydrogen-bond acceptors (Lipinski definition) is 10. The van der Waals surface area contributed by atoms with Crippen LogP contribution < -0.4 is 25.3 Å². The van der Waals surface area contributed by atoms with Gasteiger partial charge in [-0.3, -0.25) is 9.59 Å². The van der Waals surface area contributed by atoms with Gasteiger partial charge in [-0.25, -0.2) is 19.0 Å². The van der Waals surface area contributed by atoms with Gasteiger partial charge in [-0.15, -0.1) is 11.3 Å². The molecule has 0 aliphatic carbocycles. The van der Waals surface area contributed by atoms with Crippen molar-refractivity contribution in [3.05, 3.63) is 95.1 Å². The Morgan fingerprint density at radius 3 is 2.37 bits per heavy atom. The molecule has 11 nitrogen and oxygen atoms in total. The van der Waals surface area contributed by atoms with Gasteiger partial charge >= 0.3 is 0 Å². The number of carbonyl (C=O) groups excluding carboxylic acids is 2. The summed E-state index contributed by atoms with van der Waals surface area (Å²) in [6.07, 6.45) is 3.10. The Labute approximate surface area is 250 Å². The molecule has 0 aliphatic rings. The summed E-state index contributed by atoms with van der Waals surface area (Å²) in [5, 5.41) is 9.11. The molecule has 2 heterocycles. The highest BCUT2D eigenvalue weighted by molar-refractivity contribution is 7.14. The number of rotatable bonds is 11. The van der Waals surface area contributed by atoms with Crippen LogP contribution in [0.5, 0.6) is 17.2 Å². The van der Waals surface area contributed by atoms with Crippen LogP contribution in [0.15, 0.2) is 72.6 Å². The number of ether oxygens (including phenoxy) is 3. The second-order valence-corrected chi connectivity index (χ2v) is 10.1. The van der Waals surface area contributed by atoms with E-state index in [4.69, 9.17) is 19.9 Å². The molecule has 13 heteroatoms. The number of amides is 1. The van der Waals surface area contributed by atoms with Crippen LogP contribution in [0.1, 0.15) is 21.5 Å². The van der Waals surface area contributed by atoms with Gasteiger partial charge in [-0.05, 0) is 48.4 Å². The Hall–Kier alpha value is -5.14. The number of methoxy groups -OCH3 is 3. The quantitative estimate of drug-likeness (QED) is 0.212. The average Bonchev–Trinajstić information content (AvgIpc) is 3.74. The van der Waals surface area contributed by atoms with Gasteiger partial charge in [0.25, 0.3) is 0 Å². The zero-order valence-corrected chi connectivity index (χ0v) is 24.2. The fourth-order valence-corrected chi connectivity index (χ4v) is 5.12. The van der Waals surface area contributed by atoms with Crippen molar-refractivity contribution in [3.63, 3.8) is 0 Å². The number of benzene rings is 3. The minimum Gasteiger partial charge on any atom is -0.493 e. The van der Waals surface area contributed by atoms with E-state index in [9.17, 15) is 14.0 Å². The molecular weight excluding hydrogens is 575 g/mol. The molecule has 5 rings (SSSR count). The Bertz CT molecular complexity index is 1730. The van der Waals surface area contributed by atoms with E-state index in [0.717, 1.165) is 5.56 Å². The summed E-state index contributed by atoms with van der Waals surface area (Å²) in [5.74, 6) is -0.0199. The number of thiazole rings is 1. The van der Waals surface area contributed by atoms with Crippen LogP contribution in [-0.2, 0) is 11.2 Å². The van der Waals surface area contributed by atoms with E-state index in [2.05, 4.69) is 20.4 Å². The largest absolute Gasteiger partial charge is 0.493 e. The highest BCUT2D eigenvalue weighted by Crippen LogP contribution is 2.39. The fourth-order valence-electron chi connectivity index (χ4n) is 4.40. The molecule has 43 heavy (non-hydrogen) atoms. The molecule has 0 aliphatic heterocycles. The predicted octanol–water partition coefficient (Wildman–Crippen LogP) is 4.30. The average molecular weight is 603 g/mol. The molecule has 0 fully saturated rings.